The van der Waals surface area contributed by atoms with Gasteiger partial charge in [0.1, 0.15) is 5.82 Å². The molecule has 1 saturated carbocycles. The Morgan fingerprint density at radius 2 is 1.97 bits per heavy atom. The summed E-state index contributed by atoms with van der Waals surface area (Å²) in [6, 6.07) is 6.47. The number of nitrogens with one attached hydrogen (secondary N) is 2. The largest absolute Gasteiger partial charge is 0.347 e. The van der Waals surface area contributed by atoms with Gasteiger partial charge in [0, 0.05) is 24.4 Å². The molecular weight excluding hydrogens is 393 g/mol. The second kappa shape index (κ2) is 8.69. The molecule has 0 aliphatic heterocycles. The van der Waals surface area contributed by atoms with Crippen LogP contribution in [0.25, 0.3) is 16.3 Å². The van der Waals surface area contributed by atoms with E-state index in [9.17, 15) is 14.0 Å². The summed E-state index contributed by atoms with van der Waals surface area (Å²) in [6.07, 6.45) is 5.73. The van der Waals surface area contributed by atoms with Gasteiger partial charge in [0.2, 0.25) is 4.96 Å². The van der Waals surface area contributed by atoms with Crippen molar-refractivity contribution in [2.75, 3.05) is 6.54 Å². The highest BCUT2D eigenvalue weighted by Gasteiger charge is 2.20. The van der Waals surface area contributed by atoms with E-state index < -0.39 is 11.8 Å². The van der Waals surface area contributed by atoms with Crippen LogP contribution >= 0.6 is 11.3 Å². The summed E-state index contributed by atoms with van der Waals surface area (Å²) in [5, 5.41) is 11.8. The Kier molecular flexibility index (Phi) is 5.84. The second-order valence-corrected chi connectivity index (χ2v) is 7.99. The van der Waals surface area contributed by atoms with Crippen molar-refractivity contribution in [2.45, 2.75) is 44.6 Å². The lowest BCUT2D eigenvalue weighted by molar-refractivity contribution is -0.139. The van der Waals surface area contributed by atoms with Gasteiger partial charge in [-0.05, 0) is 25.0 Å². The predicted octanol–water partition coefficient (Wildman–Crippen LogP) is 2.70. The SMILES string of the molecule is O=C(NCCc1csc2nc(-c3ccccc3F)nn12)C(=O)NC1CCCCC1. The number of thiazole rings is 1. The molecule has 29 heavy (non-hydrogen) atoms. The van der Waals surface area contributed by atoms with Gasteiger partial charge in [0.05, 0.1) is 11.3 Å². The predicted molar refractivity (Wildman–Crippen MR) is 108 cm³/mol. The Hall–Kier alpha value is -2.81. The molecule has 3 aromatic rings. The maximum atomic E-state index is 14.0. The first kappa shape index (κ1) is 19.5. The minimum atomic E-state index is -0.618. The molecule has 152 valence electrons. The average molecular weight is 415 g/mol. The number of fused-ring (bicyclic) bond motifs is 1. The molecule has 0 saturated heterocycles. The number of amides is 2. The molecule has 2 aromatic heterocycles. The quantitative estimate of drug-likeness (QED) is 0.627. The zero-order chi connectivity index (χ0) is 20.2. The highest BCUT2D eigenvalue weighted by molar-refractivity contribution is 7.15. The van der Waals surface area contributed by atoms with Crippen LogP contribution in [0, 0.1) is 5.82 Å². The van der Waals surface area contributed by atoms with Crippen LogP contribution in [0.4, 0.5) is 4.39 Å². The molecular formula is C20H22FN5O2S. The van der Waals surface area contributed by atoms with E-state index in [1.54, 1.807) is 22.7 Å². The van der Waals surface area contributed by atoms with Gasteiger partial charge in [-0.25, -0.2) is 8.91 Å². The van der Waals surface area contributed by atoms with E-state index in [4.69, 9.17) is 0 Å². The number of benzene rings is 1. The molecule has 2 N–H and O–H groups in total. The fraction of sp³-hybridized carbons (Fsp3) is 0.400. The minimum absolute atomic E-state index is 0.102. The maximum absolute atomic E-state index is 14.0. The second-order valence-electron chi connectivity index (χ2n) is 7.15. The molecule has 0 spiro atoms. The van der Waals surface area contributed by atoms with Crippen LogP contribution in [0.1, 0.15) is 37.8 Å². The number of rotatable bonds is 5. The number of carbonyl (C=O) groups is 2. The van der Waals surface area contributed by atoms with E-state index >= 15 is 0 Å². The Balaban J connectivity index is 1.34. The normalized spacial score (nSPS) is 14.8. The van der Waals surface area contributed by atoms with Crippen molar-refractivity contribution in [1.29, 1.82) is 0 Å². The van der Waals surface area contributed by atoms with E-state index in [-0.39, 0.29) is 11.9 Å². The Morgan fingerprint density at radius 3 is 2.76 bits per heavy atom. The lowest BCUT2D eigenvalue weighted by Crippen LogP contribution is -2.45. The van der Waals surface area contributed by atoms with Gasteiger partial charge in [-0.3, -0.25) is 9.59 Å². The number of halogens is 1. The van der Waals surface area contributed by atoms with Gasteiger partial charge in [0.15, 0.2) is 5.82 Å². The number of hydrogen-bond donors (Lipinski definition) is 2. The molecule has 4 rings (SSSR count). The van der Waals surface area contributed by atoms with E-state index in [2.05, 4.69) is 20.7 Å². The van der Waals surface area contributed by atoms with Crippen molar-refractivity contribution in [3.8, 4) is 11.4 Å². The molecule has 9 heteroatoms. The number of aromatic nitrogens is 3. The van der Waals surface area contributed by atoms with Crippen molar-refractivity contribution >= 4 is 28.1 Å². The van der Waals surface area contributed by atoms with Crippen LogP contribution in [0.3, 0.4) is 0 Å². The molecule has 2 amide bonds. The van der Waals surface area contributed by atoms with Gasteiger partial charge < -0.3 is 10.6 Å². The van der Waals surface area contributed by atoms with Crippen LogP contribution in [0.2, 0.25) is 0 Å². The summed E-state index contributed by atoms with van der Waals surface area (Å²) in [7, 11) is 0. The Bertz CT molecular complexity index is 1020. The first-order chi connectivity index (χ1) is 14.1. The average Bonchev–Trinajstić information content (AvgIpc) is 3.30. The lowest BCUT2D eigenvalue weighted by atomic mass is 9.95. The smallest absolute Gasteiger partial charge is 0.309 e. The Labute approximate surface area is 171 Å². The zero-order valence-electron chi connectivity index (χ0n) is 15.9. The van der Waals surface area contributed by atoms with Crippen LogP contribution in [0.15, 0.2) is 29.6 Å². The molecule has 1 fully saturated rings. The van der Waals surface area contributed by atoms with Crippen LogP contribution in [0.5, 0.6) is 0 Å². The minimum Gasteiger partial charge on any atom is -0.347 e. The molecule has 0 unspecified atom stereocenters. The lowest BCUT2D eigenvalue weighted by Gasteiger charge is -2.22. The first-order valence-corrected chi connectivity index (χ1v) is 10.7. The Morgan fingerprint density at radius 1 is 1.17 bits per heavy atom. The van der Waals surface area contributed by atoms with Gasteiger partial charge in [0.25, 0.3) is 0 Å². The van der Waals surface area contributed by atoms with Crippen LogP contribution < -0.4 is 10.6 Å². The standard InChI is InChI=1S/C20H22FN5O2S/c21-16-9-5-4-8-15(16)17-24-20-26(25-17)14(12-29-20)10-11-22-18(27)19(28)23-13-6-2-1-3-7-13/h4-5,8-9,12-13H,1-3,6-7,10-11H2,(H,22,27)(H,23,28). The van der Waals surface area contributed by atoms with Crippen molar-refractivity contribution in [1.82, 2.24) is 25.2 Å². The number of nitrogens with zero attached hydrogens (tertiary/aromatic N) is 3. The summed E-state index contributed by atoms with van der Waals surface area (Å²) in [5.74, 6) is -1.24. The summed E-state index contributed by atoms with van der Waals surface area (Å²) >= 11 is 1.40. The molecule has 1 aliphatic carbocycles. The topological polar surface area (TPSA) is 88.4 Å². The summed E-state index contributed by atoms with van der Waals surface area (Å²) in [5.41, 5.74) is 1.19. The van der Waals surface area contributed by atoms with Gasteiger partial charge >= 0.3 is 11.8 Å². The van der Waals surface area contributed by atoms with Crippen molar-refractivity contribution in [2.24, 2.45) is 0 Å². The first-order valence-electron chi connectivity index (χ1n) is 9.78. The molecule has 1 aliphatic rings. The molecule has 7 nitrogen and oxygen atoms in total. The number of hydrogen-bond acceptors (Lipinski definition) is 5. The van der Waals surface area contributed by atoms with Gasteiger partial charge in [-0.2, -0.15) is 4.98 Å². The highest BCUT2D eigenvalue weighted by atomic mass is 32.1. The van der Waals surface area contributed by atoms with Crippen molar-refractivity contribution in [3.63, 3.8) is 0 Å². The van der Waals surface area contributed by atoms with E-state index in [1.807, 2.05) is 5.38 Å². The summed E-state index contributed by atoms with van der Waals surface area (Å²) in [4.78, 5) is 29.1. The van der Waals surface area contributed by atoms with E-state index in [1.165, 1.54) is 23.8 Å². The van der Waals surface area contributed by atoms with Gasteiger partial charge in [-0.15, -0.1) is 16.4 Å². The third-order valence-electron chi connectivity index (χ3n) is 5.08. The summed E-state index contributed by atoms with van der Waals surface area (Å²) < 4.78 is 15.6. The molecule has 0 atom stereocenters. The van der Waals surface area contributed by atoms with E-state index in [0.717, 1.165) is 31.4 Å². The molecule has 2 heterocycles. The monoisotopic (exact) mass is 415 g/mol. The maximum Gasteiger partial charge on any atom is 0.309 e. The number of carbonyl (C=O) groups excluding carboxylic acids is 2. The fourth-order valence-corrected chi connectivity index (χ4v) is 4.39. The van der Waals surface area contributed by atoms with Crippen molar-refractivity contribution < 1.29 is 14.0 Å². The van der Waals surface area contributed by atoms with Crippen molar-refractivity contribution in [3.05, 3.63) is 41.2 Å². The van der Waals surface area contributed by atoms with Crippen LogP contribution in [-0.2, 0) is 16.0 Å². The van der Waals surface area contributed by atoms with E-state index in [0.29, 0.717) is 29.3 Å². The third kappa shape index (κ3) is 4.45. The summed E-state index contributed by atoms with van der Waals surface area (Å²) in [6.45, 7) is 0.303. The highest BCUT2D eigenvalue weighted by Crippen LogP contribution is 2.23. The third-order valence-corrected chi connectivity index (χ3v) is 5.94. The molecule has 1 aromatic carbocycles. The fourth-order valence-electron chi connectivity index (χ4n) is 3.54. The van der Waals surface area contributed by atoms with Crippen LogP contribution in [-0.4, -0.2) is 39.0 Å². The zero-order valence-corrected chi connectivity index (χ0v) is 16.7. The molecule has 0 radical (unpaired) electrons. The van der Waals surface area contributed by atoms with Gasteiger partial charge in [-0.1, -0.05) is 31.4 Å². The molecule has 0 bridgehead atoms.